The second kappa shape index (κ2) is 3.69. The van der Waals surface area contributed by atoms with Gasteiger partial charge in [-0.05, 0) is 19.1 Å². The molecule has 0 radical (unpaired) electrons. The van der Waals surface area contributed by atoms with Crippen molar-refractivity contribution in [1.29, 1.82) is 0 Å². The van der Waals surface area contributed by atoms with E-state index in [0.717, 1.165) is 0 Å². The number of aromatic nitrogens is 2. The smallest absolute Gasteiger partial charge is 0.333 e. The Kier molecular flexibility index (Phi) is 2.36. The van der Waals surface area contributed by atoms with Gasteiger partial charge < -0.3 is 5.11 Å². The van der Waals surface area contributed by atoms with E-state index in [1.54, 1.807) is 25.1 Å². The van der Waals surface area contributed by atoms with Gasteiger partial charge >= 0.3 is 5.69 Å². The van der Waals surface area contributed by atoms with E-state index in [0.29, 0.717) is 11.4 Å². The Morgan fingerprint density at radius 2 is 1.94 bits per heavy atom. The predicted octanol–water partition coefficient (Wildman–Crippen LogP) is 0.540. The summed E-state index contributed by atoms with van der Waals surface area (Å²) >= 11 is 0. The van der Waals surface area contributed by atoms with E-state index in [2.05, 4.69) is 4.98 Å². The van der Waals surface area contributed by atoms with Crippen LogP contribution in [-0.4, -0.2) is 14.7 Å². The topological polar surface area (TPSA) is 75.1 Å². The number of nitrogens with zero attached hydrogens (tertiary/aromatic N) is 1. The third-order valence-corrected chi connectivity index (χ3v) is 2.25. The fourth-order valence-corrected chi connectivity index (χ4v) is 1.56. The summed E-state index contributed by atoms with van der Waals surface area (Å²) in [6.45, 7) is 1.63. The summed E-state index contributed by atoms with van der Waals surface area (Å²) in [6.07, 6.45) is 0. The SMILES string of the molecule is Cc1cc(=O)[nH]c(=O)n1-c1ccccc1O. The number of aromatic hydroxyl groups is 1. The number of benzene rings is 1. The van der Waals surface area contributed by atoms with Crippen molar-refractivity contribution < 1.29 is 5.11 Å². The largest absolute Gasteiger partial charge is 0.506 e. The fourth-order valence-electron chi connectivity index (χ4n) is 1.56. The number of hydrogen-bond donors (Lipinski definition) is 2. The quantitative estimate of drug-likeness (QED) is 0.733. The molecule has 5 heteroatoms. The standard InChI is InChI=1S/C11H10N2O3/c1-7-6-10(15)12-11(16)13(7)8-4-2-3-5-9(8)14/h2-6,14H,1H3,(H,12,15,16). The van der Waals surface area contributed by atoms with Crippen LogP contribution in [0.2, 0.25) is 0 Å². The van der Waals surface area contributed by atoms with Gasteiger partial charge in [0.1, 0.15) is 5.75 Å². The Morgan fingerprint density at radius 3 is 2.56 bits per heavy atom. The van der Waals surface area contributed by atoms with Crippen LogP contribution in [0.3, 0.4) is 0 Å². The Hall–Kier alpha value is -2.30. The van der Waals surface area contributed by atoms with Crippen LogP contribution < -0.4 is 11.2 Å². The Morgan fingerprint density at radius 1 is 1.25 bits per heavy atom. The maximum Gasteiger partial charge on any atom is 0.333 e. The van der Waals surface area contributed by atoms with Crippen molar-refractivity contribution >= 4 is 0 Å². The Bertz CT molecular complexity index is 640. The van der Waals surface area contributed by atoms with E-state index in [-0.39, 0.29) is 5.75 Å². The summed E-state index contributed by atoms with van der Waals surface area (Å²) in [7, 11) is 0. The molecule has 1 aromatic heterocycles. The van der Waals surface area contributed by atoms with Crippen LogP contribution in [0.1, 0.15) is 5.69 Å². The summed E-state index contributed by atoms with van der Waals surface area (Å²) in [6, 6.07) is 7.74. The summed E-state index contributed by atoms with van der Waals surface area (Å²) in [4.78, 5) is 24.8. The maximum atomic E-state index is 11.6. The van der Waals surface area contributed by atoms with Crippen molar-refractivity contribution in [3.63, 3.8) is 0 Å². The number of aryl methyl sites for hydroxylation is 1. The Balaban J connectivity index is 2.80. The molecular weight excluding hydrogens is 208 g/mol. The fraction of sp³-hybridized carbons (Fsp3) is 0.0909. The molecule has 0 unspecified atom stereocenters. The highest BCUT2D eigenvalue weighted by molar-refractivity contribution is 5.46. The summed E-state index contributed by atoms with van der Waals surface area (Å²) in [5.74, 6) is -0.0141. The van der Waals surface area contributed by atoms with E-state index < -0.39 is 11.2 Å². The zero-order valence-electron chi connectivity index (χ0n) is 8.60. The molecule has 1 heterocycles. The minimum absolute atomic E-state index is 0.0141. The van der Waals surface area contributed by atoms with Crippen molar-refractivity contribution in [2.24, 2.45) is 0 Å². The first-order chi connectivity index (χ1) is 7.59. The predicted molar refractivity (Wildman–Crippen MR) is 59.1 cm³/mol. The molecule has 0 spiro atoms. The minimum atomic E-state index is -0.563. The van der Waals surface area contributed by atoms with Crippen molar-refractivity contribution in [3.8, 4) is 11.4 Å². The molecule has 2 rings (SSSR count). The van der Waals surface area contributed by atoms with Gasteiger partial charge in [0.05, 0.1) is 5.69 Å². The van der Waals surface area contributed by atoms with Crippen LogP contribution >= 0.6 is 0 Å². The van der Waals surface area contributed by atoms with Crippen molar-refractivity contribution in [1.82, 2.24) is 9.55 Å². The van der Waals surface area contributed by atoms with Crippen molar-refractivity contribution in [2.75, 3.05) is 0 Å². The number of rotatable bonds is 1. The van der Waals surface area contributed by atoms with Gasteiger partial charge in [0.15, 0.2) is 0 Å². The molecular formula is C11H10N2O3. The van der Waals surface area contributed by atoms with Crippen LogP contribution in [-0.2, 0) is 0 Å². The Labute approximate surface area is 90.6 Å². The summed E-state index contributed by atoms with van der Waals surface area (Å²) in [5.41, 5.74) is -0.197. The molecule has 0 aliphatic heterocycles. The molecule has 0 fully saturated rings. The molecule has 82 valence electrons. The molecule has 2 aromatic rings. The number of hydrogen-bond acceptors (Lipinski definition) is 3. The lowest BCUT2D eigenvalue weighted by Gasteiger charge is -2.09. The van der Waals surface area contributed by atoms with Gasteiger partial charge in [-0.25, -0.2) is 4.79 Å². The van der Waals surface area contributed by atoms with E-state index in [9.17, 15) is 14.7 Å². The minimum Gasteiger partial charge on any atom is -0.506 e. The third kappa shape index (κ3) is 1.63. The number of aromatic amines is 1. The summed E-state index contributed by atoms with van der Waals surface area (Å²) < 4.78 is 1.25. The lowest BCUT2D eigenvalue weighted by Crippen LogP contribution is -2.29. The second-order valence-electron chi connectivity index (χ2n) is 3.40. The van der Waals surface area contributed by atoms with Gasteiger partial charge in [0, 0.05) is 11.8 Å². The molecule has 0 saturated carbocycles. The molecule has 0 aliphatic carbocycles. The third-order valence-electron chi connectivity index (χ3n) is 2.25. The number of nitrogens with one attached hydrogen (secondary N) is 1. The molecule has 1 aromatic carbocycles. The molecule has 2 N–H and O–H groups in total. The number of para-hydroxylation sites is 2. The number of H-pyrrole nitrogens is 1. The zero-order valence-corrected chi connectivity index (χ0v) is 8.60. The monoisotopic (exact) mass is 218 g/mol. The zero-order chi connectivity index (χ0) is 11.7. The highest BCUT2D eigenvalue weighted by atomic mass is 16.3. The number of phenols is 1. The van der Waals surface area contributed by atoms with E-state index in [1.165, 1.54) is 16.7 Å². The first-order valence-corrected chi connectivity index (χ1v) is 4.71. The second-order valence-corrected chi connectivity index (χ2v) is 3.40. The summed E-state index contributed by atoms with van der Waals surface area (Å²) in [5, 5.41) is 9.63. The van der Waals surface area contributed by atoms with Gasteiger partial charge in [-0.2, -0.15) is 0 Å². The average molecular weight is 218 g/mol. The van der Waals surface area contributed by atoms with Crippen LogP contribution in [0.25, 0.3) is 5.69 Å². The van der Waals surface area contributed by atoms with Crippen LogP contribution in [0, 0.1) is 6.92 Å². The van der Waals surface area contributed by atoms with Crippen LogP contribution in [0.15, 0.2) is 39.9 Å². The normalized spacial score (nSPS) is 10.3. The molecule has 5 nitrogen and oxygen atoms in total. The molecule has 0 atom stereocenters. The molecule has 0 bridgehead atoms. The van der Waals surface area contributed by atoms with Gasteiger partial charge in [-0.15, -0.1) is 0 Å². The molecule has 0 amide bonds. The van der Waals surface area contributed by atoms with E-state index >= 15 is 0 Å². The number of phenolic OH excluding ortho intramolecular Hbond substituents is 1. The van der Waals surface area contributed by atoms with Gasteiger partial charge in [-0.3, -0.25) is 14.3 Å². The van der Waals surface area contributed by atoms with Gasteiger partial charge in [0.2, 0.25) is 0 Å². The van der Waals surface area contributed by atoms with E-state index in [4.69, 9.17) is 0 Å². The van der Waals surface area contributed by atoms with Crippen molar-refractivity contribution in [2.45, 2.75) is 6.92 Å². The highest BCUT2D eigenvalue weighted by Crippen LogP contribution is 2.19. The van der Waals surface area contributed by atoms with E-state index in [1.807, 2.05) is 0 Å². The lowest BCUT2D eigenvalue weighted by atomic mass is 10.2. The average Bonchev–Trinajstić information content (AvgIpc) is 2.19. The van der Waals surface area contributed by atoms with Crippen LogP contribution in [0.5, 0.6) is 5.75 Å². The lowest BCUT2D eigenvalue weighted by molar-refractivity contribution is 0.471. The van der Waals surface area contributed by atoms with Crippen molar-refractivity contribution in [3.05, 3.63) is 56.9 Å². The van der Waals surface area contributed by atoms with Gasteiger partial charge in [0.25, 0.3) is 5.56 Å². The van der Waals surface area contributed by atoms with Crippen LogP contribution in [0.4, 0.5) is 0 Å². The molecule has 16 heavy (non-hydrogen) atoms. The first-order valence-electron chi connectivity index (χ1n) is 4.71. The first kappa shape index (κ1) is 10.2. The molecule has 0 aliphatic rings. The molecule has 0 saturated heterocycles. The highest BCUT2D eigenvalue weighted by Gasteiger charge is 2.07. The van der Waals surface area contributed by atoms with Gasteiger partial charge in [-0.1, -0.05) is 12.1 Å². The maximum absolute atomic E-state index is 11.6.